The summed E-state index contributed by atoms with van der Waals surface area (Å²) < 4.78 is 0. The van der Waals surface area contributed by atoms with Crippen LogP contribution in [0.5, 0.6) is 0 Å². The van der Waals surface area contributed by atoms with Gasteiger partial charge in [0.15, 0.2) is 0 Å². The first-order chi connectivity index (χ1) is 10.0. The maximum atomic E-state index is 3.78. The molecule has 3 unspecified atom stereocenters. The zero-order valence-electron chi connectivity index (χ0n) is 14.0. The van der Waals surface area contributed by atoms with Crippen LogP contribution in [0, 0.1) is 0 Å². The van der Waals surface area contributed by atoms with Gasteiger partial charge in [-0.15, -0.1) is 0 Å². The molecule has 2 aliphatic rings. The number of benzene rings is 1. The van der Waals surface area contributed by atoms with Crippen LogP contribution in [0.1, 0.15) is 70.0 Å². The Morgan fingerprint density at radius 3 is 2.57 bits per heavy atom. The van der Waals surface area contributed by atoms with E-state index in [1.165, 1.54) is 31.4 Å². The second-order valence-electron chi connectivity index (χ2n) is 7.48. The smallest absolute Gasteiger partial charge is 0.0481 e. The number of fused-ring (bicyclic) bond motifs is 1. The van der Waals surface area contributed by atoms with E-state index in [9.17, 15) is 0 Å². The van der Waals surface area contributed by atoms with Gasteiger partial charge in [-0.25, -0.2) is 0 Å². The van der Waals surface area contributed by atoms with Gasteiger partial charge in [0, 0.05) is 17.6 Å². The molecule has 0 aromatic heterocycles. The highest BCUT2D eigenvalue weighted by Crippen LogP contribution is 2.43. The van der Waals surface area contributed by atoms with E-state index in [-0.39, 0.29) is 0 Å². The third kappa shape index (κ3) is 2.64. The molecule has 0 radical (unpaired) electrons. The standard InChI is InChI=1S/C19H30N2/c1-5-20-18-16-10-7-6-9-15(16)14(2)13-17(18)21-12-8-11-19(21,3)4/h6-7,9-10,14,17-18,20H,5,8,11-13H2,1-4H3. The monoisotopic (exact) mass is 286 g/mol. The van der Waals surface area contributed by atoms with Crippen molar-refractivity contribution in [3.8, 4) is 0 Å². The Hall–Kier alpha value is -0.860. The van der Waals surface area contributed by atoms with Crippen molar-refractivity contribution in [1.82, 2.24) is 10.2 Å². The van der Waals surface area contributed by atoms with Crippen molar-refractivity contribution in [2.24, 2.45) is 0 Å². The normalized spacial score (nSPS) is 32.1. The molecule has 1 aromatic carbocycles. The van der Waals surface area contributed by atoms with Crippen molar-refractivity contribution in [3.05, 3.63) is 35.4 Å². The second kappa shape index (κ2) is 5.73. The van der Waals surface area contributed by atoms with Gasteiger partial charge in [0.2, 0.25) is 0 Å². The first-order valence-corrected chi connectivity index (χ1v) is 8.63. The molecular weight excluding hydrogens is 256 g/mol. The SMILES string of the molecule is CCNC1c2ccccc2C(C)CC1N1CCCC1(C)C. The number of likely N-dealkylation sites (N-methyl/N-ethyl adjacent to an activating group) is 1. The van der Waals surface area contributed by atoms with Crippen molar-refractivity contribution in [2.45, 2.75) is 70.5 Å². The van der Waals surface area contributed by atoms with E-state index in [0.29, 0.717) is 23.5 Å². The number of likely N-dealkylation sites (tertiary alicyclic amines) is 1. The fraction of sp³-hybridized carbons (Fsp3) is 0.684. The van der Waals surface area contributed by atoms with Gasteiger partial charge in [0.1, 0.15) is 0 Å². The Kier molecular flexibility index (Phi) is 4.11. The first-order valence-electron chi connectivity index (χ1n) is 8.63. The zero-order valence-corrected chi connectivity index (χ0v) is 14.0. The average molecular weight is 286 g/mol. The Morgan fingerprint density at radius 1 is 1.24 bits per heavy atom. The Labute approximate surface area is 129 Å². The molecule has 21 heavy (non-hydrogen) atoms. The van der Waals surface area contributed by atoms with Crippen LogP contribution in [0.3, 0.4) is 0 Å². The van der Waals surface area contributed by atoms with Crippen molar-refractivity contribution in [2.75, 3.05) is 13.1 Å². The summed E-state index contributed by atoms with van der Waals surface area (Å²) in [4.78, 5) is 2.78. The summed E-state index contributed by atoms with van der Waals surface area (Å²) >= 11 is 0. The molecule has 3 atom stereocenters. The van der Waals surface area contributed by atoms with Crippen molar-refractivity contribution in [3.63, 3.8) is 0 Å². The Bertz CT molecular complexity index is 494. The molecule has 0 bridgehead atoms. The highest BCUT2D eigenvalue weighted by atomic mass is 15.3. The van der Waals surface area contributed by atoms with Gasteiger partial charge >= 0.3 is 0 Å². The summed E-state index contributed by atoms with van der Waals surface area (Å²) in [5, 5.41) is 3.78. The Morgan fingerprint density at radius 2 is 1.95 bits per heavy atom. The number of rotatable bonds is 3. The maximum absolute atomic E-state index is 3.78. The summed E-state index contributed by atoms with van der Waals surface area (Å²) in [6, 6.07) is 10.2. The van der Waals surface area contributed by atoms with Crippen molar-refractivity contribution >= 4 is 0 Å². The van der Waals surface area contributed by atoms with Gasteiger partial charge in [-0.1, -0.05) is 38.1 Å². The lowest BCUT2D eigenvalue weighted by molar-refractivity contribution is 0.0731. The molecule has 1 heterocycles. The van der Waals surface area contributed by atoms with Crippen LogP contribution in [0.25, 0.3) is 0 Å². The van der Waals surface area contributed by atoms with Crippen LogP contribution in [0.15, 0.2) is 24.3 Å². The largest absolute Gasteiger partial charge is 0.309 e. The van der Waals surface area contributed by atoms with Gasteiger partial charge in [-0.05, 0) is 63.2 Å². The minimum Gasteiger partial charge on any atom is -0.309 e. The summed E-state index contributed by atoms with van der Waals surface area (Å²) in [5.74, 6) is 0.664. The maximum Gasteiger partial charge on any atom is 0.0481 e. The Balaban J connectivity index is 1.97. The van der Waals surface area contributed by atoms with Gasteiger partial charge in [0.25, 0.3) is 0 Å². The molecule has 116 valence electrons. The quantitative estimate of drug-likeness (QED) is 0.900. The topological polar surface area (TPSA) is 15.3 Å². The van der Waals surface area contributed by atoms with Gasteiger partial charge in [-0.2, -0.15) is 0 Å². The number of hydrogen-bond acceptors (Lipinski definition) is 2. The molecule has 3 rings (SSSR count). The molecular formula is C19H30N2. The van der Waals surface area contributed by atoms with Crippen LogP contribution in [0.4, 0.5) is 0 Å². The van der Waals surface area contributed by atoms with E-state index in [1.54, 1.807) is 5.56 Å². The molecule has 1 aliphatic carbocycles. The molecule has 0 saturated carbocycles. The predicted molar refractivity (Wildman–Crippen MR) is 89.7 cm³/mol. The van der Waals surface area contributed by atoms with Gasteiger partial charge in [0.05, 0.1) is 0 Å². The predicted octanol–water partition coefficient (Wildman–Crippen LogP) is 4.09. The van der Waals surface area contributed by atoms with E-state index in [4.69, 9.17) is 0 Å². The number of hydrogen-bond donors (Lipinski definition) is 1. The molecule has 1 saturated heterocycles. The van der Waals surface area contributed by atoms with Crippen LogP contribution in [-0.4, -0.2) is 29.6 Å². The molecule has 2 heteroatoms. The molecule has 1 N–H and O–H groups in total. The molecule has 2 nitrogen and oxygen atoms in total. The third-order valence-corrected chi connectivity index (χ3v) is 5.63. The van der Waals surface area contributed by atoms with Crippen LogP contribution in [-0.2, 0) is 0 Å². The summed E-state index contributed by atoms with van der Waals surface area (Å²) in [6.07, 6.45) is 3.95. The van der Waals surface area contributed by atoms with Gasteiger partial charge < -0.3 is 5.32 Å². The molecule has 0 spiro atoms. The van der Waals surface area contributed by atoms with Crippen molar-refractivity contribution < 1.29 is 0 Å². The van der Waals surface area contributed by atoms with Gasteiger partial charge in [-0.3, -0.25) is 4.90 Å². The molecule has 0 amide bonds. The van der Waals surface area contributed by atoms with E-state index in [0.717, 1.165) is 6.54 Å². The first kappa shape index (κ1) is 15.1. The number of nitrogens with one attached hydrogen (secondary N) is 1. The minimum atomic E-state index is 0.352. The van der Waals surface area contributed by atoms with E-state index in [1.807, 2.05) is 0 Å². The lowest BCUT2D eigenvalue weighted by Gasteiger charge is -2.47. The third-order valence-electron chi connectivity index (χ3n) is 5.63. The van der Waals surface area contributed by atoms with Crippen LogP contribution >= 0.6 is 0 Å². The fourth-order valence-electron chi connectivity index (χ4n) is 4.59. The van der Waals surface area contributed by atoms with E-state index < -0.39 is 0 Å². The summed E-state index contributed by atoms with van der Waals surface area (Å²) in [5.41, 5.74) is 3.44. The van der Waals surface area contributed by atoms with Crippen LogP contribution < -0.4 is 5.32 Å². The van der Waals surface area contributed by atoms with Crippen LogP contribution in [0.2, 0.25) is 0 Å². The lowest BCUT2D eigenvalue weighted by Crippen LogP contribution is -2.53. The van der Waals surface area contributed by atoms with E-state index in [2.05, 4.69) is 62.2 Å². The highest BCUT2D eigenvalue weighted by molar-refractivity contribution is 5.37. The lowest BCUT2D eigenvalue weighted by atomic mass is 9.76. The number of nitrogens with zero attached hydrogens (tertiary/aromatic N) is 1. The van der Waals surface area contributed by atoms with E-state index >= 15 is 0 Å². The molecule has 1 aromatic rings. The summed E-state index contributed by atoms with van der Waals surface area (Å²) in [7, 11) is 0. The van der Waals surface area contributed by atoms with Crippen molar-refractivity contribution in [1.29, 1.82) is 0 Å². The highest BCUT2D eigenvalue weighted by Gasteiger charge is 2.43. The second-order valence-corrected chi connectivity index (χ2v) is 7.48. The minimum absolute atomic E-state index is 0.352. The molecule has 1 aliphatic heterocycles. The summed E-state index contributed by atoms with van der Waals surface area (Å²) in [6.45, 7) is 11.8. The fourth-order valence-corrected chi connectivity index (χ4v) is 4.59. The average Bonchev–Trinajstić information content (AvgIpc) is 2.81. The molecule has 1 fully saturated rings. The zero-order chi connectivity index (χ0) is 15.0.